The number of piperidine rings is 1. The molecule has 0 aliphatic carbocycles. The van der Waals surface area contributed by atoms with E-state index in [2.05, 4.69) is 23.9 Å². The molecule has 1 saturated heterocycles. The van der Waals surface area contributed by atoms with Crippen molar-refractivity contribution in [2.24, 2.45) is 5.92 Å². The average Bonchev–Trinajstić information content (AvgIpc) is 2.34. The fraction of sp³-hybridized carbons (Fsp3) is 1.00. The molecule has 0 aromatic carbocycles. The van der Waals surface area contributed by atoms with Crippen LogP contribution in [0.25, 0.3) is 0 Å². The minimum atomic E-state index is -3.33. The first kappa shape index (κ1) is 16.9. The van der Waals surface area contributed by atoms with Gasteiger partial charge < -0.3 is 5.32 Å². The molecule has 114 valence electrons. The Labute approximate surface area is 118 Å². The quantitative estimate of drug-likeness (QED) is 0.744. The molecule has 0 amide bonds. The van der Waals surface area contributed by atoms with Crippen molar-refractivity contribution >= 4 is 10.2 Å². The topological polar surface area (TPSA) is 61.4 Å². The van der Waals surface area contributed by atoms with E-state index in [-0.39, 0.29) is 6.04 Å². The predicted molar refractivity (Wildman–Crippen MR) is 79.2 cm³/mol. The zero-order valence-corrected chi connectivity index (χ0v) is 13.5. The normalized spacial score (nSPS) is 22.3. The van der Waals surface area contributed by atoms with Gasteiger partial charge in [-0.1, -0.05) is 34.1 Å². The monoisotopic (exact) mass is 291 g/mol. The summed E-state index contributed by atoms with van der Waals surface area (Å²) in [5, 5.41) is 3.35. The van der Waals surface area contributed by atoms with Gasteiger partial charge in [-0.3, -0.25) is 0 Å². The second-order valence-corrected chi connectivity index (χ2v) is 7.78. The van der Waals surface area contributed by atoms with Gasteiger partial charge in [-0.25, -0.2) is 4.72 Å². The summed E-state index contributed by atoms with van der Waals surface area (Å²) >= 11 is 0. The first-order chi connectivity index (χ1) is 8.83. The Kier molecular flexibility index (Phi) is 6.73. The molecule has 1 heterocycles. The second kappa shape index (κ2) is 7.57. The number of hydrogen-bond donors (Lipinski definition) is 2. The maximum Gasteiger partial charge on any atom is 0.279 e. The molecule has 19 heavy (non-hydrogen) atoms. The molecule has 0 saturated carbocycles. The Balaban J connectivity index is 2.64. The van der Waals surface area contributed by atoms with E-state index >= 15 is 0 Å². The largest absolute Gasteiger partial charge is 0.313 e. The molecule has 1 unspecified atom stereocenters. The highest BCUT2D eigenvalue weighted by Crippen LogP contribution is 2.19. The lowest BCUT2D eigenvalue weighted by Gasteiger charge is -2.35. The molecule has 0 bridgehead atoms. The van der Waals surface area contributed by atoms with Crippen LogP contribution < -0.4 is 10.0 Å². The minimum absolute atomic E-state index is 0.0841. The van der Waals surface area contributed by atoms with E-state index in [1.165, 1.54) is 0 Å². The van der Waals surface area contributed by atoms with Crippen LogP contribution >= 0.6 is 0 Å². The van der Waals surface area contributed by atoms with Crippen molar-refractivity contribution in [3.05, 3.63) is 0 Å². The van der Waals surface area contributed by atoms with Gasteiger partial charge in [-0.15, -0.1) is 0 Å². The van der Waals surface area contributed by atoms with E-state index in [1.54, 1.807) is 4.31 Å². The van der Waals surface area contributed by atoms with Gasteiger partial charge in [0.1, 0.15) is 0 Å². The van der Waals surface area contributed by atoms with E-state index in [9.17, 15) is 8.42 Å². The van der Waals surface area contributed by atoms with E-state index in [0.717, 1.165) is 25.8 Å². The van der Waals surface area contributed by atoms with E-state index in [0.29, 0.717) is 25.0 Å². The Hall–Kier alpha value is -0.170. The van der Waals surface area contributed by atoms with Crippen molar-refractivity contribution < 1.29 is 8.42 Å². The van der Waals surface area contributed by atoms with Crippen LogP contribution in [0.2, 0.25) is 0 Å². The van der Waals surface area contributed by atoms with Crippen molar-refractivity contribution in [3.8, 4) is 0 Å². The third-order valence-electron chi connectivity index (χ3n) is 3.32. The SMILES string of the molecule is CC(C)CNS(=O)(=O)N1CCCCC1CNC(C)C. The molecule has 1 aliphatic rings. The number of hydrogen-bond acceptors (Lipinski definition) is 3. The number of rotatable bonds is 7. The van der Waals surface area contributed by atoms with Crippen LogP contribution in [-0.4, -0.2) is 44.4 Å². The zero-order valence-electron chi connectivity index (χ0n) is 12.6. The first-order valence-electron chi connectivity index (χ1n) is 7.32. The van der Waals surface area contributed by atoms with Crippen molar-refractivity contribution in [3.63, 3.8) is 0 Å². The predicted octanol–water partition coefficient (Wildman–Crippen LogP) is 1.33. The molecule has 5 nitrogen and oxygen atoms in total. The molecular formula is C13H29N3O2S. The molecule has 1 fully saturated rings. The van der Waals surface area contributed by atoms with Crippen molar-refractivity contribution in [1.82, 2.24) is 14.3 Å². The molecule has 1 rings (SSSR count). The van der Waals surface area contributed by atoms with Gasteiger partial charge in [0.2, 0.25) is 0 Å². The third kappa shape index (κ3) is 5.77. The van der Waals surface area contributed by atoms with E-state index in [1.807, 2.05) is 13.8 Å². The summed E-state index contributed by atoms with van der Waals surface area (Å²) < 4.78 is 29.0. The summed E-state index contributed by atoms with van der Waals surface area (Å²) in [6.07, 6.45) is 3.02. The molecule has 1 atom stereocenters. The van der Waals surface area contributed by atoms with Crippen LogP contribution in [0.1, 0.15) is 47.0 Å². The summed E-state index contributed by atoms with van der Waals surface area (Å²) in [6, 6.07) is 0.468. The van der Waals surface area contributed by atoms with Crippen molar-refractivity contribution in [1.29, 1.82) is 0 Å². The highest BCUT2D eigenvalue weighted by atomic mass is 32.2. The summed E-state index contributed by atoms with van der Waals surface area (Å²) in [4.78, 5) is 0. The molecule has 2 N–H and O–H groups in total. The highest BCUT2D eigenvalue weighted by molar-refractivity contribution is 7.87. The molecular weight excluding hydrogens is 262 g/mol. The molecule has 6 heteroatoms. The third-order valence-corrected chi connectivity index (χ3v) is 4.95. The molecule has 0 aromatic rings. The zero-order chi connectivity index (χ0) is 14.5. The maximum absolute atomic E-state index is 12.3. The summed E-state index contributed by atoms with van der Waals surface area (Å²) in [6.45, 7) is 10.1. The summed E-state index contributed by atoms with van der Waals surface area (Å²) in [5.74, 6) is 0.326. The fourth-order valence-electron chi connectivity index (χ4n) is 2.22. The summed E-state index contributed by atoms with van der Waals surface area (Å²) in [5.41, 5.74) is 0. The van der Waals surface area contributed by atoms with Gasteiger partial charge in [0, 0.05) is 31.7 Å². The Morgan fingerprint density at radius 1 is 1.21 bits per heavy atom. The van der Waals surface area contributed by atoms with Crippen molar-refractivity contribution in [2.75, 3.05) is 19.6 Å². The summed E-state index contributed by atoms with van der Waals surface area (Å²) in [7, 11) is -3.33. The first-order valence-corrected chi connectivity index (χ1v) is 8.76. The standard InChI is InChI=1S/C13H29N3O2S/c1-11(2)9-15-19(17,18)16-8-6-5-7-13(16)10-14-12(3)4/h11-15H,5-10H2,1-4H3. The van der Waals surface area contributed by atoms with Crippen LogP contribution in [0.3, 0.4) is 0 Å². The second-order valence-electron chi connectivity index (χ2n) is 6.07. The lowest BCUT2D eigenvalue weighted by molar-refractivity contribution is 0.239. The average molecular weight is 291 g/mol. The van der Waals surface area contributed by atoms with Gasteiger partial charge >= 0.3 is 0 Å². The van der Waals surface area contributed by atoms with Crippen LogP contribution in [0.15, 0.2) is 0 Å². The number of nitrogens with one attached hydrogen (secondary N) is 2. The molecule has 0 spiro atoms. The van der Waals surface area contributed by atoms with Crippen LogP contribution in [0, 0.1) is 5.92 Å². The fourth-order valence-corrected chi connectivity index (χ4v) is 3.87. The van der Waals surface area contributed by atoms with Gasteiger partial charge in [0.15, 0.2) is 0 Å². The molecule has 0 radical (unpaired) electrons. The van der Waals surface area contributed by atoms with Gasteiger partial charge in [-0.2, -0.15) is 12.7 Å². The smallest absolute Gasteiger partial charge is 0.279 e. The van der Waals surface area contributed by atoms with Gasteiger partial charge in [0.25, 0.3) is 10.2 Å². The van der Waals surface area contributed by atoms with Gasteiger partial charge in [0.05, 0.1) is 0 Å². The highest BCUT2D eigenvalue weighted by Gasteiger charge is 2.31. The lowest BCUT2D eigenvalue weighted by Crippen LogP contribution is -2.53. The maximum atomic E-state index is 12.3. The van der Waals surface area contributed by atoms with Crippen LogP contribution in [0.4, 0.5) is 0 Å². The van der Waals surface area contributed by atoms with Gasteiger partial charge in [-0.05, 0) is 18.8 Å². The van der Waals surface area contributed by atoms with Crippen LogP contribution in [0.5, 0.6) is 0 Å². The van der Waals surface area contributed by atoms with E-state index in [4.69, 9.17) is 0 Å². The van der Waals surface area contributed by atoms with E-state index < -0.39 is 10.2 Å². The Bertz CT molecular complexity index is 355. The minimum Gasteiger partial charge on any atom is -0.313 e. The molecule has 0 aromatic heterocycles. The lowest BCUT2D eigenvalue weighted by atomic mass is 10.0. The van der Waals surface area contributed by atoms with Crippen molar-refractivity contribution in [2.45, 2.75) is 59.0 Å². The Morgan fingerprint density at radius 3 is 2.47 bits per heavy atom. The van der Waals surface area contributed by atoms with Crippen LogP contribution in [-0.2, 0) is 10.2 Å². The number of nitrogens with zero attached hydrogens (tertiary/aromatic N) is 1. The molecule has 1 aliphatic heterocycles. The Morgan fingerprint density at radius 2 is 1.89 bits per heavy atom.